The highest BCUT2D eigenvalue weighted by Crippen LogP contribution is 2.28. The summed E-state index contributed by atoms with van der Waals surface area (Å²) in [5.74, 6) is 0.354. The maximum Gasteiger partial charge on any atom is 0.343 e. The van der Waals surface area contributed by atoms with Crippen molar-refractivity contribution in [2.75, 3.05) is 13.2 Å². The van der Waals surface area contributed by atoms with Gasteiger partial charge in [-0.3, -0.25) is 0 Å². The fraction of sp³-hybridized carbons (Fsp3) is 0.444. The first kappa shape index (κ1) is 31.3. The Morgan fingerprint density at radius 3 is 1.86 bits per heavy atom. The van der Waals surface area contributed by atoms with Crippen LogP contribution in [0.1, 0.15) is 98.8 Å². The fourth-order valence-electron chi connectivity index (χ4n) is 4.86. The monoisotopic (exact) mass is 572 g/mol. The van der Waals surface area contributed by atoms with E-state index in [1.807, 2.05) is 36.4 Å². The van der Waals surface area contributed by atoms with Crippen molar-refractivity contribution >= 4 is 11.9 Å². The minimum absolute atomic E-state index is 0.00511. The predicted molar refractivity (Wildman–Crippen MR) is 165 cm³/mol. The number of epoxide rings is 1. The van der Waals surface area contributed by atoms with Gasteiger partial charge >= 0.3 is 11.9 Å². The average Bonchev–Trinajstić information content (AvgIpc) is 3.78. The van der Waals surface area contributed by atoms with Gasteiger partial charge in [0.05, 0.1) is 23.8 Å². The number of unbranched alkanes of at least 4 members (excludes halogenated alkanes) is 7. The van der Waals surface area contributed by atoms with Gasteiger partial charge in [0.15, 0.2) is 0 Å². The molecule has 3 aromatic carbocycles. The topological polar surface area (TPSA) is 74.4 Å². The van der Waals surface area contributed by atoms with E-state index in [1.54, 1.807) is 36.4 Å². The first-order valence-electron chi connectivity index (χ1n) is 15.6. The number of rotatable bonds is 18. The number of benzene rings is 3. The summed E-state index contributed by atoms with van der Waals surface area (Å²) >= 11 is 0. The van der Waals surface area contributed by atoms with Crippen LogP contribution < -0.4 is 9.47 Å². The van der Waals surface area contributed by atoms with E-state index in [4.69, 9.17) is 18.9 Å². The van der Waals surface area contributed by atoms with Crippen LogP contribution >= 0.6 is 0 Å². The van der Waals surface area contributed by atoms with Gasteiger partial charge in [0.1, 0.15) is 24.2 Å². The number of esters is 2. The molecule has 1 fully saturated rings. The van der Waals surface area contributed by atoms with Crippen LogP contribution in [0.2, 0.25) is 0 Å². The standard InChI is InChI=1S/C36H44O6/c1-3-5-7-8-9-11-25-39-31-21-17-28(18-22-31)27-13-15-30(16-14-27)36(38)41-32-23-19-29(20-24-32)35(37)40-26-34-33(42-34)12-10-6-4-2/h13-24,33-34H,3-12,25-26H2,1-2H3/t33-,34+/m1/s1. The number of carbonyl (C=O) groups is 2. The summed E-state index contributed by atoms with van der Waals surface area (Å²) in [6, 6.07) is 21.7. The Morgan fingerprint density at radius 2 is 1.17 bits per heavy atom. The van der Waals surface area contributed by atoms with E-state index in [0.717, 1.165) is 42.7 Å². The normalized spacial score (nSPS) is 15.7. The number of ether oxygens (including phenoxy) is 4. The van der Waals surface area contributed by atoms with Crippen molar-refractivity contribution in [3.05, 3.63) is 83.9 Å². The van der Waals surface area contributed by atoms with Gasteiger partial charge in [0.2, 0.25) is 0 Å². The Labute approximate surface area is 250 Å². The minimum Gasteiger partial charge on any atom is -0.494 e. The molecule has 1 saturated heterocycles. The molecule has 3 aromatic rings. The van der Waals surface area contributed by atoms with E-state index in [-0.39, 0.29) is 18.8 Å². The maximum absolute atomic E-state index is 12.7. The molecule has 0 radical (unpaired) electrons. The summed E-state index contributed by atoms with van der Waals surface area (Å²) in [7, 11) is 0. The highest BCUT2D eigenvalue weighted by Gasteiger charge is 2.39. The van der Waals surface area contributed by atoms with Crippen LogP contribution in [0.15, 0.2) is 72.8 Å². The Hall–Kier alpha value is -3.64. The molecule has 0 saturated carbocycles. The van der Waals surface area contributed by atoms with Crippen molar-refractivity contribution < 1.29 is 28.5 Å². The van der Waals surface area contributed by atoms with Crippen molar-refractivity contribution in [2.24, 2.45) is 0 Å². The Kier molecular flexibility index (Phi) is 12.5. The van der Waals surface area contributed by atoms with Crippen LogP contribution in [0.5, 0.6) is 11.5 Å². The second-order valence-corrected chi connectivity index (χ2v) is 10.9. The number of hydrogen-bond acceptors (Lipinski definition) is 6. The van der Waals surface area contributed by atoms with Gasteiger partial charge in [0, 0.05) is 0 Å². The van der Waals surface area contributed by atoms with Gasteiger partial charge in [0.25, 0.3) is 0 Å². The summed E-state index contributed by atoms with van der Waals surface area (Å²) in [6.45, 7) is 5.41. The molecule has 0 bridgehead atoms. The van der Waals surface area contributed by atoms with Crippen LogP contribution in [0.4, 0.5) is 0 Å². The maximum atomic E-state index is 12.7. The van der Waals surface area contributed by atoms with E-state index in [2.05, 4.69) is 13.8 Å². The summed E-state index contributed by atoms with van der Waals surface area (Å²) in [5.41, 5.74) is 2.89. The van der Waals surface area contributed by atoms with Crippen LogP contribution in [-0.2, 0) is 9.47 Å². The zero-order valence-corrected chi connectivity index (χ0v) is 25.0. The Bertz CT molecular complexity index is 1230. The van der Waals surface area contributed by atoms with E-state index in [1.165, 1.54) is 44.9 Å². The molecule has 0 N–H and O–H groups in total. The van der Waals surface area contributed by atoms with Crippen LogP contribution in [0.3, 0.4) is 0 Å². The van der Waals surface area contributed by atoms with Crippen LogP contribution in [0.25, 0.3) is 11.1 Å². The van der Waals surface area contributed by atoms with Gasteiger partial charge in [-0.05, 0) is 72.5 Å². The lowest BCUT2D eigenvalue weighted by Gasteiger charge is -2.09. The lowest BCUT2D eigenvalue weighted by molar-refractivity contribution is 0.0476. The smallest absolute Gasteiger partial charge is 0.343 e. The van der Waals surface area contributed by atoms with Gasteiger partial charge in [-0.25, -0.2) is 9.59 Å². The number of hydrogen-bond donors (Lipinski definition) is 0. The quantitative estimate of drug-likeness (QED) is 0.0656. The molecular formula is C36H44O6. The van der Waals surface area contributed by atoms with Crippen LogP contribution in [0, 0.1) is 0 Å². The van der Waals surface area contributed by atoms with Crippen molar-refractivity contribution in [2.45, 2.75) is 90.3 Å². The lowest BCUT2D eigenvalue weighted by Crippen LogP contribution is -2.12. The molecule has 0 spiro atoms. The van der Waals surface area contributed by atoms with Gasteiger partial charge in [-0.1, -0.05) is 89.5 Å². The zero-order chi connectivity index (χ0) is 29.6. The largest absolute Gasteiger partial charge is 0.494 e. The highest BCUT2D eigenvalue weighted by molar-refractivity contribution is 5.92. The third-order valence-corrected chi connectivity index (χ3v) is 7.53. The van der Waals surface area contributed by atoms with E-state index in [0.29, 0.717) is 16.9 Å². The molecule has 0 amide bonds. The lowest BCUT2D eigenvalue weighted by atomic mass is 10.0. The third kappa shape index (κ3) is 10.0. The molecule has 1 heterocycles. The van der Waals surface area contributed by atoms with E-state index < -0.39 is 11.9 Å². The molecule has 2 atom stereocenters. The average molecular weight is 573 g/mol. The molecule has 0 unspecified atom stereocenters. The summed E-state index contributed by atoms with van der Waals surface area (Å²) in [4.78, 5) is 25.1. The van der Waals surface area contributed by atoms with E-state index >= 15 is 0 Å². The molecule has 6 heteroatoms. The summed E-state index contributed by atoms with van der Waals surface area (Å²) < 4.78 is 22.4. The fourth-order valence-corrected chi connectivity index (χ4v) is 4.86. The van der Waals surface area contributed by atoms with E-state index in [9.17, 15) is 9.59 Å². The molecule has 0 aromatic heterocycles. The molecule has 224 valence electrons. The third-order valence-electron chi connectivity index (χ3n) is 7.53. The summed E-state index contributed by atoms with van der Waals surface area (Å²) in [6.07, 6.45) is 12.2. The molecule has 0 aliphatic carbocycles. The predicted octanol–water partition coefficient (Wildman–Crippen LogP) is 8.82. The van der Waals surface area contributed by atoms with Gasteiger partial charge < -0.3 is 18.9 Å². The first-order chi connectivity index (χ1) is 20.6. The molecule has 1 aliphatic rings. The summed E-state index contributed by atoms with van der Waals surface area (Å²) in [5, 5.41) is 0. The second kappa shape index (κ2) is 16.7. The molecule has 4 rings (SSSR count). The van der Waals surface area contributed by atoms with Crippen molar-refractivity contribution in [3.8, 4) is 22.6 Å². The van der Waals surface area contributed by atoms with Crippen LogP contribution in [-0.4, -0.2) is 37.4 Å². The van der Waals surface area contributed by atoms with Crippen molar-refractivity contribution in [1.82, 2.24) is 0 Å². The molecule has 1 aliphatic heterocycles. The zero-order valence-electron chi connectivity index (χ0n) is 25.0. The van der Waals surface area contributed by atoms with Crippen molar-refractivity contribution in [3.63, 3.8) is 0 Å². The Morgan fingerprint density at radius 1 is 0.619 bits per heavy atom. The second-order valence-electron chi connectivity index (χ2n) is 10.9. The molecule has 6 nitrogen and oxygen atoms in total. The molecule has 42 heavy (non-hydrogen) atoms. The van der Waals surface area contributed by atoms with Crippen molar-refractivity contribution in [1.29, 1.82) is 0 Å². The molecular weight excluding hydrogens is 528 g/mol. The first-order valence-corrected chi connectivity index (χ1v) is 15.6. The minimum atomic E-state index is -0.463. The Balaban J connectivity index is 1.18. The SMILES string of the molecule is CCCCCCCCOc1ccc(-c2ccc(C(=O)Oc3ccc(C(=O)OC[C@@H]4O[C@@H]4CCCCC)cc3)cc2)cc1. The number of carbonyl (C=O) groups excluding carboxylic acids is 2. The van der Waals surface area contributed by atoms with Gasteiger partial charge in [-0.15, -0.1) is 0 Å². The highest BCUT2D eigenvalue weighted by atomic mass is 16.6. The van der Waals surface area contributed by atoms with Gasteiger partial charge in [-0.2, -0.15) is 0 Å².